The molecule has 0 fully saturated rings. The number of carbonyl (C=O) groups excluding carboxylic acids is 1. The summed E-state index contributed by atoms with van der Waals surface area (Å²) in [5, 5.41) is 20.9. The molecule has 1 atom stereocenters. The van der Waals surface area contributed by atoms with Crippen molar-refractivity contribution in [2.24, 2.45) is 0 Å². The number of alkyl halides is 3. The van der Waals surface area contributed by atoms with Gasteiger partial charge in [0.25, 0.3) is 5.91 Å². The molecule has 0 aliphatic rings. The Morgan fingerprint density at radius 1 is 1.21 bits per heavy atom. The molecule has 0 bridgehead atoms. The maximum absolute atomic E-state index is 13.9. The molecule has 0 aliphatic carbocycles. The molecular formula is C19H12F5N3O2. The van der Waals surface area contributed by atoms with Gasteiger partial charge in [-0.3, -0.25) is 4.79 Å². The fourth-order valence-electron chi connectivity index (χ4n) is 2.83. The second-order valence-corrected chi connectivity index (χ2v) is 6.17. The van der Waals surface area contributed by atoms with Gasteiger partial charge in [0.2, 0.25) is 0 Å². The van der Waals surface area contributed by atoms with E-state index in [0.717, 1.165) is 30.5 Å². The first kappa shape index (κ1) is 20.3. The lowest BCUT2D eigenvalue weighted by atomic mass is 10.1. The zero-order valence-corrected chi connectivity index (χ0v) is 14.5. The van der Waals surface area contributed by atoms with Crippen LogP contribution in [0.25, 0.3) is 10.9 Å². The van der Waals surface area contributed by atoms with Crippen molar-refractivity contribution in [2.75, 3.05) is 5.32 Å². The Morgan fingerprint density at radius 3 is 2.59 bits per heavy atom. The molecule has 1 heterocycles. The quantitative estimate of drug-likeness (QED) is 0.644. The SMILES string of the molecule is N#Cc1ccc(NC(=O)[C@@H](O)Cn2cc(F)c3cc(F)ccc32)cc1C(F)(F)F. The van der Waals surface area contributed by atoms with Crippen LogP contribution >= 0.6 is 0 Å². The summed E-state index contributed by atoms with van der Waals surface area (Å²) in [6.07, 6.45) is -5.56. The number of aliphatic hydroxyl groups excluding tert-OH is 1. The lowest BCUT2D eigenvalue weighted by molar-refractivity contribution is -0.137. The van der Waals surface area contributed by atoms with E-state index in [9.17, 15) is 31.9 Å². The molecule has 0 radical (unpaired) electrons. The first-order chi connectivity index (χ1) is 13.6. The van der Waals surface area contributed by atoms with Crippen molar-refractivity contribution in [1.82, 2.24) is 4.57 Å². The van der Waals surface area contributed by atoms with Crippen molar-refractivity contribution in [1.29, 1.82) is 5.26 Å². The molecule has 0 spiro atoms. The van der Waals surface area contributed by atoms with Gasteiger partial charge >= 0.3 is 6.18 Å². The first-order valence-electron chi connectivity index (χ1n) is 8.14. The monoisotopic (exact) mass is 409 g/mol. The molecule has 150 valence electrons. The average molecular weight is 409 g/mol. The van der Waals surface area contributed by atoms with Gasteiger partial charge in [0.05, 0.1) is 29.3 Å². The van der Waals surface area contributed by atoms with Crippen LogP contribution in [0, 0.1) is 23.0 Å². The van der Waals surface area contributed by atoms with E-state index in [1.54, 1.807) is 0 Å². The third-order valence-electron chi connectivity index (χ3n) is 4.18. The second kappa shape index (κ2) is 7.52. The molecule has 10 heteroatoms. The number of rotatable bonds is 4. The minimum Gasteiger partial charge on any atom is -0.381 e. The number of nitrogens with one attached hydrogen (secondary N) is 1. The molecule has 3 aromatic rings. The Kier molecular flexibility index (Phi) is 5.26. The smallest absolute Gasteiger partial charge is 0.381 e. The number of nitriles is 1. The van der Waals surface area contributed by atoms with Gasteiger partial charge in [0.1, 0.15) is 11.6 Å². The summed E-state index contributed by atoms with van der Waals surface area (Å²) < 4.78 is 67.3. The third-order valence-corrected chi connectivity index (χ3v) is 4.18. The van der Waals surface area contributed by atoms with Crippen LogP contribution in [0.15, 0.2) is 42.6 Å². The van der Waals surface area contributed by atoms with Crippen molar-refractivity contribution in [2.45, 2.75) is 18.8 Å². The van der Waals surface area contributed by atoms with E-state index in [-0.39, 0.29) is 16.6 Å². The molecule has 0 unspecified atom stereocenters. The number of amides is 1. The molecule has 1 aromatic heterocycles. The van der Waals surface area contributed by atoms with E-state index >= 15 is 0 Å². The summed E-state index contributed by atoms with van der Waals surface area (Å²) in [6, 6.07) is 7.30. The number of hydrogen-bond acceptors (Lipinski definition) is 3. The standard InChI is InChI=1S/C19H12F5N3O2/c20-11-2-4-16-13(5-11)15(21)8-27(16)9-17(28)18(29)26-12-3-1-10(7-25)14(6-12)19(22,23)24/h1-6,8,17,28H,9H2,(H,26,29)/t17-/m0/s1. The Morgan fingerprint density at radius 2 is 1.93 bits per heavy atom. The summed E-state index contributed by atoms with van der Waals surface area (Å²) in [6.45, 7) is -0.416. The highest BCUT2D eigenvalue weighted by atomic mass is 19.4. The van der Waals surface area contributed by atoms with Crippen molar-refractivity contribution in [3.05, 3.63) is 65.4 Å². The number of hydrogen-bond donors (Lipinski definition) is 2. The van der Waals surface area contributed by atoms with E-state index in [4.69, 9.17) is 5.26 Å². The number of nitrogens with zero attached hydrogens (tertiary/aromatic N) is 2. The van der Waals surface area contributed by atoms with Crippen LogP contribution in [-0.2, 0) is 17.5 Å². The fraction of sp³-hybridized carbons (Fsp3) is 0.158. The highest BCUT2D eigenvalue weighted by molar-refractivity contribution is 5.94. The van der Waals surface area contributed by atoms with Crippen LogP contribution in [0.1, 0.15) is 11.1 Å². The van der Waals surface area contributed by atoms with Crippen LogP contribution in [0.3, 0.4) is 0 Å². The number of halogens is 5. The minimum atomic E-state index is -4.80. The van der Waals surface area contributed by atoms with Gasteiger partial charge in [0, 0.05) is 17.3 Å². The number of fused-ring (bicyclic) bond motifs is 1. The highest BCUT2D eigenvalue weighted by Crippen LogP contribution is 2.33. The molecule has 0 aliphatic heterocycles. The van der Waals surface area contributed by atoms with Crippen LogP contribution in [0.4, 0.5) is 27.6 Å². The molecule has 0 saturated heterocycles. The predicted octanol–water partition coefficient (Wildman–Crippen LogP) is 3.81. The molecule has 29 heavy (non-hydrogen) atoms. The number of aliphatic hydroxyl groups is 1. The van der Waals surface area contributed by atoms with Gasteiger partial charge in [-0.25, -0.2) is 8.78 Å². The van der Waals surface area contributed by atoms with E-state index in [0.29, 0.717) is 6.07 Å². The maximum Gasteiger partial charge on any atom is 0.417 e. The zero-order chi connectivity index (χ0) is 21.3. The number of anilines is 1. The molecule has 2 aromatic carbocycles. The van der Waals surface area contributed by atoms with E-state index < -0.39 is 47.5 Å². The maximum atomic E-state index is 13.9. The van der Waals surface area contributed by atoms with Crippen LogP contribution < -0.4 is 5.32 Å². The van der Waals surface area contributed by atoms with Crippen molar-refractivity contribution >= 4 is 22.5 Å². The largest absolute Gasteiger partial charge is 0.417 e. The normalized spacial score (nSPS) is 12.6. The van der Waals surface area contributed by atoms with Crippen molar-refractivity contribution in [3.63, 3.8) is 0 Å². The Balaban J connectivity index is 1.79. The van der Waals surface area contributed by atoms with Gasteiger partial charge in [0.15, 0.2) is 6.10 Å². The van der Waals surface area contributed by atoms with Gasteiger partial charge in [-0.05, 0) is 36.4 Å². The van der Waals surface area contributed by atoms with Crippen molar-refractivity contribution < 1.29 is 31.9 Å². The van der Waals surface area contributed by atoms with E-state index in [1.807, 2.05) is 0 Å². The lowest BCUT2D eigenvalue weighted by Gasteiger charge is -2.15. The first-order valence-corrected chi connectivity index (χ1v) is 8.14. The van der Waals surface area contributed by atoms with Crippen LogP contribution in [0.2, 0.25) is 0 Å². The topological polar surface area (TPSA) is 78.1 Å². The Bertz CT molecular complexity index is 1130. The Labute approximate surface area is 160 Å². The van der Waals surface area contributed by atoms with E-state index in [2.05, 4.69) is 5.32 Å². The third kappa shape index (κ3) is 4.20. The average Bonchev–Trinajstić information content (AvgIpc) is 2.95. The van der Waals surface area contributed by atoms with Gasteiger partial charge in [-0.15, -0.1) is 0 Å². The summed E-state index contributed by atoms with van der Waals surface area (Å²) in [4.78, 5) is 12.2. The predicted molar refractivity (Wildman–Crippen MR) is 92.6 cm³/mol. The van der Waals surface area contributed by atoms with Crippen LogP contribution in [-0.4, -0.2) is 21.7 Å². The highest BCUT2D eigenvalue weighted by Gasteiger charge is 2.34. The number of benzene rings is 2. The van der Waals surface area contributed by atoms with E-state index in [1.165, 1.54) is 16.7 Å². The molecule has 0 saturated carbocycles. The molecule has 1 amide bonds. The fourth-order valence-corrected chi connectivity index (χ4v) is 2.83. The molecule has 5 nitrogen and oxygen atoms in total. The van der Waals surface area contributed by atoms with Gasteiger partial charge in [-0.1, -0.05) is 0 Å². The summed E-state index contributed by atoms with van der Waals surface area (Å²) in [7, 11) is 0. The number of aromatic nitrogens is 1. The Hall–Kier alpha value is -3.45. The summed E-state index contributed by atoms with van der Waals surface area (Å²) >= 11 is 0. The summed E-state index contributed by atoms with van der Waals surface area (Å²) in [5.41, 5.74) is -1.88. The second-order valence-electron chi connectivity index (χ2n) is 6.17. The summed E-state index contributed by atoms with van der Waals surface area (Å²) in [5.74, 6) is -2.45. The van der Waals surface area contributed by atoms with Crippen LogP contribution in [0.5, 0.6) is 0 Å². The lowest BCUT2D eigenvalue weighted by Crippen LogP contribution is -2.31. The minimum absolute atomic E-state index is 0.0421. The number of carbonyl (C=O) groups is 1. The molecular weight excluding hydrogens is 397 g/mol. The molecule has 2 N–H and O–H groups in total. The van der Waals surface area contributed by atoms with Gasteiger partial charge in [-0.2, -0.15) is 18.4 Å². The zero-order valence-electron chi connectivity index (χ0n) is 14.5. The van der Waals surface area contributed by atoms with Crippen molar-refractivity contribution in [3.8, 4) is 6.07 Å². The van der Waals surface area contributed by atoms with Gasteiger partial charge < -0.3 is 15.0 Å². The molecule has 3 rings (SSSR count).